The van der Waals surface area contributed by atoms with Gasteiger partial charge in [0.05, 0.1) is 11.1 Å². The number of aryl methyl sites for hydroxylation is 1. The number of aliphatic hydroxyl groups excluding tert-OH is 1. The van der Waals surface area contributed by atoms with Gasteiger partial charge in [-0.1, -0.05) is 17.7 Å². The molecule has 0 aliphatic carbocycles. The summed E-state index contributed by atoms with van der Waals surface area (Å²) in [6.45, 7) is 1.98. The summed E-state index contributed by atoms with van der Waals surface area (Å²) in [7, 11) is 0. The van der Waals surface area contributed by atoms with E-state index in [2.05, 4.69) is 15.9 Å². The van der Waals surface area contributed by atoms with Crippen LogP contribution in [-0.4, -0.2) is 5.11 Å². The van der Waals surface area contributed by atoms with E-state index in [4.69, 9.17) is 11.6 Å². The molecule has 0 bridgehead atoms. The van der Waals surface area contributed by atoms with Crippen molar-refractivity contribution in [1.82, 2.24) is 0 Å². The van der Waals surface area contributed by atoms with Gasteiger partial charge in [0.25, 0.3) is 0 Å². The maximum absolute atomic E-state index is 13.3. The van der Waals surface area contributed by atoms with Crippen LogP contribution in [0.15, 0.2) is 28.7 Å². The molecule has 1 heterocycles. The fourth-order valence-electron chi connectivity index (χ4n) is 1.64. The molecule has 1 nitrogen and oxygen atoms in total. The molecule has 2 rings (SSSR count). The highest BCUT2D eigenvalue weighted by Gasteiger charge is 2.14. The lowest BCUT2D eigenvalue weighted by atomic mass is 10.1. The van der Waals surface area contributed by atoms with Gasteiger partial charge in [-0.2, -0.15) is 0 Å². The zero-order valence-electron chi connectivity index (χ0n) is 9.58. The Morgan fingerprint density at radius 1 is 1.44 bits per heavy atom. The van der Waals surface area contributed by atoms with Crippen molar-refractivity contribution in [3.8, 4) is 0 Å². The van der Waals surface area contributed by atoms with Crippen LogP contribution in [0, 0.1) is 12.7 Å². The van der Waals surface area contributed by atoms with Crippen LogP contribution in [0.1, 0.15) is 21.4 Å². The Hall–Kier alpha value is -0.420. The standard InChI is InChI=1S/C13H11BrClFOS/c1-7-9(14)6-13(18-7)12(17)5-8-2-3-10(15)11(16)4-8/h2-4,6,12,17H,5H2,1H3. The topological polar surface area (TPSA) is 20.2 Å². The Morgan fingerprint density at radius 2 is 2.17 bits per heavy atom. The summed E-state index contributed by atoms with van der Waals surface area (Å²) in [5.74, 6) is -0.454. The Balaban J connectivity index is 2.15. The number of halogens is 3. The summed E-state index contributed by atoms with van der Waals surface area (Å²) in [6, 6.07) is 6.50. The number of hydrogen-bond donors (Lipinski definition) is 1. The Labute approximate surface area is 122 Å². The summed E-state index contributed by atoms with van der Waals surface area (Å²) in [5.41, 5.74) is 0.728. The van der Waals surface area contributed by atoms with Crippen molar-refractivity contribution >= 4 is 38.9 Å². The molecule has 0 radical (unpaired) electrons. The van der Waals surface area contributed by atoms with Gasteiger partial charge in [0.1, 0.15) is 5.82 Å². The molecule has 2 aromatic rings. The molecule has 0 aliphatic heterocycles. The fourth-order valence-corrected chi connectivity index (χ4v) is 3.30. The lowest BCUT2D eigenvalue weighted by Crippen LogP contribution is -2.00. The minimum atomic E-state index is -0.624. The van der Waals surface area contributed by atoms with E-state index in [-0.39, 0.29) is 5.02 Å². The van der Waals surface area contributed by atoms with Crippen LogP contribution in [0.4, 0.5) is 4.39 Å². The number of thiophene rings is 1. The number of rotatable bonds is 3. The van der Waals surface area contributed by atoms with E-state index in [1.807, 2.05) is 13.0 Å². The largest absolute Gasteiger partial charge is 0.387 e. The minimum Gasteiger partial charge on any atom is -0.387 e. The number of aliphatic hydroxyl groups is 1. The predicted molar refractivity (Wildman–Crippen MR) is 76.8 cm³/mol. The molecule has 0 saturated carbocycles. The van der Waals surface area contributed by atoms with Gasteiger partial charge >= 0.3 is 0 Å². The average Bonchev–Trinajstić information content (AvgIpc) is 2.65. The van der Waals surface area contributed by atoms with E-state index >= 15 is 0 Å². The van der Waals surface area contributed by atoms with Gasteiger partial charge in [-0.3, -0.25) is 0 Å². The molecule has 1 unspecified atom stereocenters. The summed E-state index contributed by atoms with van der Waals surface area (Å²) < 4.78 is 14.3. The van der Waals surface area contributed by atoms with E-state index in [0.29, 0.717) is 6.42 Å². The molecule has 1 aromatic heterocycles. The molecule has 5 heteroatoms. The summed E-state index contributed by atoms with van der Waals surface area (Å²) in [5, 5.41) is 10.2. The second-order valence-corrected chi connectivity index (χ2v) is 6.57. The molecule has 0 fully saturated rings. The van der Waals surface area contributed by atoms with Crippen molar-refractivity contribution in [1.29, 1.82) is 0 Å². The highest BCUT2D eigenvalue weighted by molar-refractivity contribution is 9.10. The van der Waals surface area contributed by atoms with Crippen molar-refractivity contribution < 1.29 is 9.50 Å². The van der Waals surface area contributed by atoms with Crippen LogP contribution in [0.3, 0.4) is 0 Å². The molecule has 18 heavy (non-hydrogen) atoms. The third-order valence-corrected chi connectivity index (χ3v) is 5.16. The third-order valence-electron chi connectivity index (χ3n) is 2.62. The lowest BCUT2D eigenvalue weighted by Gasteiger charge is -2.08. The third kappa shape index (κ3) is 3.12. The predicted octanol–water partition coefficient (Wildman–Crippen LogP) is 4.89. The van der Waals surface area contributed by atoms with Crippen molar-refractivity contribution in [2.45, 2.75) is 19.4 Å². The van der Waals surface area contributed by atoms with Gasteiger partial charge < -0.3 is 5.11 Å². The average molecular weight is 350 g/mol. The van der Waals surface area contributed by atoms with Gasteiger partial charge in [-0.15, -0.1) is 11.3 Å². The maximum Gasteiger partial charge on any atom is 0.142 e. The molecule has 0 amide bonds. The first kappa shape index (κ1) is 14.0. The zero-order valence-corrected chi connectivity index (χ0v) is 12.7. The molecule has 0 saturated heterocycles. The minimum absolute atomic E-state index is 0.1000. The van der Waals surface area contributed by atoms with Crippen molar-refractivity contribution in [2.75, 3.05) is 0 Å². The SMILES string of the molecule is Cc1sc(C(O)Cc2ccc(Cl)c(F)c2)cc1Br. The quantitative estimate of drug-likeness (QED) is 0.836. The second kappa shape index (κ2) is 5.70. The first-order valence-corrected chi connectivity index (χ1v) is 7.34. The van der Waals surface area contributed by atoms with Crippen LogP contribution in [-0.2, 0) is 6.42 Å². The fraction of sp³-hybridized carbons (Fsp3) is 0.231. The van der Waals surface area contributed by atoms with Crippen molar-refractivity contribution in [3.05, 3.63) is 54.9 Å². The van der Waals surface area contributed by atoms with E-state index in [1.165, 1.54) is 23.5 Å². The second-order valence-electron chi connectivity index (χ2n) is 4.02. The highest BCUT2D eigenvalue weighted by Crippen LogP contribution is 2.32. The molecule has 0 aliphatic rings. The summed E-state index contributed by atoms with van der Waals surface area (Å²) >= 11 is 10.6. The van der Waals surface area contributed by atoms with Crippen LogP contribution in [0.25, 0.3) is 0 Å². The normalized spacial score (nSPS) is 12.7. The first-order chi connectivity index (χ1) is 8.47. The summed E-state index contributed by atoms with van der Waals surface area (Å²) in [6.07, 6.45) is -0.249. The van der Waals surface area contributed by atoms with Gasteiger partial charge in [0, 0.05) is 20.6 Å². The van der Waals surface area contributed by atoms with E-state index in [1.54, 1.807) is 6.07 Å². The molecule has 1 aromatic carbocycles. The monoisotopic (exact) mass is 348 g/mol. The van der Waals surface area contributed by atoms with Crippen LogP contribution in [0.5, 0.6) is 0 Å². The Morgan fingerprint density at radius 3 is 2.72 bits per heavy atom. The highest BCUT2D eigenvalue weighted by atomic mass is 79.9. The zero-order chi connectivity index (χ0) is 13.3. The van der Waals surface area contributed by atoms with Gasteiger partial charge in [0.15, 0.2) is 0 Å². The van der Waals surface area contributed by atoms with Gasteiger partial charge in [-0.25, -0.2) is 4.39 Å². The molecule has 1 atom stereocenters. The van der Waals surface area contributed by atoms with Crippen LogP contribution < -0.4 is 0 Å². The molecular weight excluding hydrogens is 339 g/mol. The molecule has 1 N–H and O–H groups in total. The summed E-state index contributed by atoms with van der Waals surface area (Å²) in [4.78, 5) is 1.99. The lowest BCUT2D eigenvalue weighted by molar-refractivity contribution is 0.182. The molecule has 96 valence electrons. The smallest absolute Gasteiger partial charge is 0.142 e. The number of benzene rings is 1. The van der Waals surface area contributed by atoms with Gasteiger partial charge in [-0.05, 0) is 46.6 Å². The van der Waals surface area contributed by atoms with E-state index in [9.17, 15) is 9.50 Å². The van der Waals surface area contributed by atoms with E-state index in [0.717, 1.165) is 19.8 Å². The van der Waals surface area contributed by atoms with Crippen molar-refractivity contribution in [3.63, 3.8) is 0 Å². The van der Waals surface area contributed by atoms with E-state index < -0.39 is 11.9 Å². The van der Waals surface area contributed by atoms with Crippen LogP contribution in [0.2, 0.25) is 5.02 Å². The maximum atomic E-state index is 13.3. The molecular formula is C13H11BrClFOS. The number of hydrogen-bond acceptors (Lipinski definition) is 2. The van der Waals surface area contributed by atoms with Crippen LogP contribution >= 0.6 is 38.9 Å². The molecule has 0 spiro atoms. The first-order valence-electron chi connectivity index (χ1n) is 5.35. The van der Waals surface area contributed by atoms with Crippen molar-refractivity contribution in [2.24, 2.45) is 0 Å². The Bertz CT molecular complexity index is 551. The Kier molecular flexibility index (Phi) is 4.43. The van der Waals surface area contributed by atoms with Gasteiger partial charge in [0.2, 0.25) is 0 Å².